The third kappa shape index (κ3) is 6.09. The first-order valence-electron chi connectivity index (χ1n) is 5.97. The Morgan fingerprint density at radius 2 is 1.15 bits per heavy atom. The molecular formula is C12H27N. The number of rotatable bonds is 1. The lowest BCUT2D eigenvalue weighted by molar-refractivity contribution is 0.242. The summed E-state index contributed by atoms with van der Waals surface area (Å²) >= 11 is 0. The molecule has 0 aromatic carbocycles. The SMILES string of the molecule is CC.CN(C)C1CCCCCCC1. The highest BCUT2D eigenvalue weighted by Gasteiger charge is 2.12. The first-order chi connectivity index (χ1) is 6.30. The predicted molar refractivity (Wildman–Crippen MR) is 61.1 cm³/mol. The summed E-state index contributed by atoms with van der Waals surface area (Å²) in [6, 6.07) is 0.871. The van der Waals surface area contributed by atoms with Gasteiger partial charge < -0.3 is 4.90 Å². The Morgan fingerprint density at radius 1 is 0.769 bits per heavy atom. The van der Waals surface area contributed by atoms with Gasteiger partial charge in [0, 0.05) is 6.04 Å². The molecule has 0 N–H and O–H groups in total. The molecule has 0 spiro atoms. The zero-order valence-corrected chi connectivity index (χ0v) is 9.97. The van der Waals surface area contributed by atoms with Crippen molar-refractivity contribution in [3.8, 4) is 0 Å². The molecule has 0 unspecified atom stereocenters. The van der Waals surface area contributed by atoms with E-state index in [2.05, 4.69) is 19.0 Å². The molecule has 1 heteroatoms. The topological polar surface area (TPSA) is 3.24 Å². The van der Waals surface area contributed by atoms with Gasteiger partial charge in [-0.1, -0.05) is 46.0 Å². The first kappa shape index (κ1) is 13.0. The van der Waals surface area contributed by atoms with Crippen molar-refractivity contribution in [1.82, 2.24) is 4.90 Å². The first-order valence-corrected chi connectivity index (χ1v) is 5.97. The molecule has 80 valence electrons. The summed E-state index contributed by atoms with van der Waals surface area (Å²) in [6.07, 6.45) is 10.1. The maximum atomic E-state index is 2.39. The minimum Gasteiger partial charge on any atom is -0.306 e. The second kappa shape index (κ2) is 8.55. The highest BCUT2D eigenvalue weighted by molar-refractivity contribution is 4.68. The lowest BCUT2D eigenvalue weighted by Crippen LogP contribution is -2.28. The van der Waals surface area contributed by atoms with Crippen LogP contribution in [-0.2, 0) is 0 Å². The lowest BCUT2D eigenvalue weighted by atomic mass is 9.96. The molecule has 0 aromatic heterocycles. The van der Waals surface area contributed by atoms with Crippen LogP contribution in [0.1, 0.15) is 58.8 Å². The molecule has 13 heavy (non-hydrogen) atoms. The highest BCUT2D eigenvalue weighted by Crippen LogP contribution is 2.19. The summed E-state index contributed by atoms with van der Waals surface area (Å²) in [4.78, 5) is 2.39. The van der Waals surface area contributed by atoms with Crippen molar-refractivity contribution in [2.45, 2.75) is 64.8 Å². The van der Waals surface area contributed by atoms with Crippen LogP contribution in [0.25, 0.3) is 0 Å². The van der Waals surface area contributed by atoms with E-state index >= 15 is 0 Å². The highest BCUT2D eigenvalue weighted by atomic mass is 15.1. The molecule has 1 nitrogen and oxygen atoms in total. The lowest BCUT2D eigenvalue weighted by Gasteiger charge is -2.25. The molecule has 0 saturated heterocycles. The van der Waals surface area contributed by atoms with Crippen LogP contribution in [0, 0.1) is 0 Å². The molecule has 0 atom stereocenters. The predicted octanol–water partition coefficient (Wildman–Crippen LogP) is 3.69. The van der Waals surface area contributed by atoms with E-state index in [0.29, 0.717) is 0 Å². The van der Waals surface area contributed by atoms with Crippen LogP contribution < -0.4 is 0 Å². The van der Waals surface area contributed by atoms with Crippen LogP contribution in [0.15, 0.2) is 0 Å². The molecule has 0 heterocycles. The Bertz CT molecular complexity index is 91.3. The van der Waals surface area contributed by atoms with E-state index in [0.717, 1.165) is 6.04 Å². The average Bonchev–Trinajstić information content (AvgIpc) is 2.06. The molecular weight excluding hydrogens is 158 g/mol. The van der Waals surface area contributed by atoms with Gasteiger partial charge in [-0.05, 0) is 26.9 Å². The van der Waals surface area contributed by atoms with E-state index in [1.54, 1.807) is 0 Å². The van der Waals surface area contributed by atoms with Crippen LogP contribution in [0.5, 0.6) is 0 Å². The van der Waals surface area contributed by atoms with E-state index in [-0.39, 0.29) is 0 Å². The van der Waals surface area contributed by atoms with E-state index in [1.807, 2.05) is 13.8 Å². The molecule has 0 amide bonds. The third-order valence-electron chi connectivity index (χ3n) is 2.80. The quantitative estimate of drug-likeness (QED) is 0.602. The minimum atomic E-state index is 0.871. The van der Waals surface area contributed by atoms with Crippen LogP contribution in [0.4, 0.5) is 0 Å². The Labute approximate surface area is 84.5 Å². The number of hydrogen-bond donors (Lipinski definition) is 0. The third-order valence-corrected chi connectivity index (χ3v) is 2.80. The molecule has 1 rings (SSSR count). The van der Waals surface area contributed by atoms with Crippen LogP contribution in [0.2, 0.25) is 0 Å². The van der Waals surface area contributed by atoms with Crippen molar-refractivity contribution in [2.75, 3.05) is 14.1 Å². The van der Waals surface area contributed by atoms with Crippen molar-refractivity contribution in [3.63, 3.8) is 0 Å². The van der Waals surface area contributed by atoms with E-state index in [4.69, 9.17) is 0 Å². The number of nitrogens with zero attached hydrogens (tertiary/aromatic N) is 1. The minimum absolute atomic E-state index is 0.871. The summed E-state index contributed by atoms with van der Waals surface area (Å²) in [5.41, 5.74) is 0. The van der Waals surface area contributed by atoms with Gasteiger partial charge in [0.05, 0.1) is 0 Å². The van der Waals surface area contributed by atoms with Gasteiger partial charge in [-0.25, -0.2) is 0 Å². The van der Waals surface area contributed by atoms with Crippen LogP contribution in [-0.4, -0.2) is 25.0 Å². The molecule has 0 radical (unpaired) electrons. The molecule has 1 aliphatic rings. The summed E-state index contributed by atoms with van der Waals surface area (Å²) in [5.74, 6) is 0. The van der Waals surface area contributed by atoms with Crippen molar-refractivity contribution in [3.05, 3.63) is 0 Å². The Morgan fingerprint density at radius 3 is 1.54 bits per heavy atom. The second-order valence-corrected chi connectivity index (χ2v) is 3.96. The summed E-state index contributed by atoms with van der Waals surface area (Å²) in [6.45, 7) is 4.00. The molecule has 1 aliphatic carbocycles. The summed E-state index contributed by atoms with van der Waals surface area (Å²) in [5, 5.41) is 0. The smallest absolute Gasteiger partial charge is 0.00891 e. The van der Waals surface area contributed by atoms with E-state index in [1.165, 1.54) is 44.9 Å². The van der Waals surface area contributed by atoms with Crippen molar-refractivity contribution < 1.29 is 0 Å². The van der Waals surface area contributed by atoms with E-state index < -0.39 is 0 Å². The number of hydrogen-bond acceptors (Lipinski definition) is 1. The Kier molecular flexibility index (Phi) is 8.53. The Hall–Kier alpha value is -0.0400. The molecule has 1 saturated carbocycles. The normalized spacial score (nSPS) is 20.1. The van der Waals surface area contributed by atoms with Gasteiger partial charge in [0.2, 0.25) is 0 Å². The van der Waals surface area contributed by atoms with Crippen LogP contribution in [0.3, 0.4) is 0 Å². The maximum Gasteiger partial charge on any atom is 0.00891 e. The van der Waals surface area contributed by atoms with Gasteiger partial charge in [0.15, 0.2) is 0 Å². The van der Waals surface area contributed by atoms with Crippen molar-refractivity contribution in [2.24, 2.45) is 0 Å². The largest absolute Gasteiger partial charge is 0.306 e. The van der Waals surface area contributed by atoms with Gasteiger partial charge in [0.1, 0.15) is 0 Å². The molecule has 0 aliphatic heterocycles. The molecule has 1 fully saturated rings. The zero-order chi connectivity index (χ0) is 10.1. The molecule has 0 bridgehead atoms. The van der Waals surface area contributed by atoms with Gasteiger partial charge in [-0.2, -0.15) is 0 Å². The standard InChI is InChI=1S/C10H21N.C2H6/c1-11(2)10-8-6-4-3-5-7-9-10;1-2/h10H,3-9H2,1-2H3;1-2H3. The van der Waals surface area contributed by atoms with Crippen molar-refractivity contribution >= 4 is 0 Å². The fourth-order valence-electron chi connectivity index (χ4n) is 1.95. The summed E-state index contributed by atoms with van der Waals surface area (Å²) < 4.78 is 0. The van der Waals surface area contributed by atoms with Gasteiger partial charge >= 0.3 is 0 Å². The summed E-state index contributed by atoms with van der Waals surface area (Å²) in [7, 11) is 4.43. The van der Waals surface area contributed by atoms with Gasteiger partial charge in [0.25, 0.3) is 0 Å². The average molecular weight is 185 g/mol. The van der Waals surface area contributed by atoms with Gasteiger partial charge in [-0.15, -0.1) is 0 Å². The molecule has 0 aromatic rings. The fraction of sp³-hybridized carbons (Fsp3) is 1.00. The maximum absolute atomic E-state index is 2.39. The Balaban J connectivity index is 0.000000671. The fourth-order valence-corrected chi connectivity index (χ4v) is 1.95. The van der Waals surface area contributed by atoms with E-state index in [9.17, 15) is 0 Å². The zero-order valence-electron chi connectivity index (χ0n) is 9.97. The van der Waals surface area contributed by atoms with Crippen molar-refractivity contribution in [1.29, 1.82) is 0 Å². The van der Waals surface area contributed by atoms with Gasteiger partial charge in [-0.3, -0.25) is 0 Å². The van der Waals surface area contributed by atoms with Crippen LogP contribution >= 0.6 is 0 Å². The second-order valence-electron chi connectivity index (χ2n) is 3.96. The monoisotopic (exact) mass is 185 g/mol.